The molecule has 0 amide bonds. The summed E-state index contributed by atoms with van der Waals surface area (Å²) in [6, 6.07) is 5.75. The molecule has 0 bridgehead atoms. The summed E-state index contributed by atoms with van der Waals surface area (Å²) in [5.74, 6) is 0.824. The van der Waals surface area contributed by atoms with Crippen LogP contribution in [0.4, 0.5) is 0 Å². The van der Waals surface area contributed by atoms with Crippen molar-refractivity contribution < 1.29 is 9.47 Å². The minimum atomic E-state index is 0.00308. The SMILES string of the molecule is CCCOC1C(N)CC1Oc1cc(Cl)ccc1C. The Hall–Kier alpha value is -0.770. The van der Waals surface area contributed by atoms with Gasteiger partial charge in [0.15, 0.2) is 0 Å². The van der Waals surface area contributed by atoms with E-state index in [1.807, 2.05) is 25.1 Å². The first kappa shape index (κ1) is 13.7. The molecule has 0 saturated heterocycles. The summed E-state index contributed by atoms with van der Waals surface area (Å²) in [6.45, 7) is 4.82. The van der Waals surface area contributed by atoms with E-state index < -0.39 is 0 Å². The first-order valence-electron chi connectivity index (χ1n) is 6.41. The molecule has 0 radical (unpaired) electrons. The van der Waals surface area contributed by atoms with Gasteiger partial charge in [-0.2, -0.15) is 0 Å². The number of halogens is 1. The van der Waals surface area contributed by atoms with Crippen molar-refractivity contribution >= 4 is 11.6 Å². The average molecular weight is 270 g/mol. The third kappa shape index (κ3) is 2.97. The number of hydrogen-bond acceptors (Lipinski definition) is 3. The average Bonchev–Trinajstić information content (AvgIpc) is 2.33. The highest BCUT2D eigenvalue weighted by molar-refractivity contribution is 6.30. The first-order chi connectivity index (χ1) is 8.61. The first-order valence-corrected chi connectivity index (χ1v) is 6.79. The smallest absolute Gasteiger partial charge is 0.128 e. The van der Waals surface area contributed by atoms with E-state index in [4.69, 9.17) is 26.8 Å². The Morgan fingerprint density at radius 2 is 2.22 bits per heavy atom. The second-order valence-electron chi connectivity index (χ2n) is 4.80. The second kappa shape index (κ2) is 5.91. The molecule has 100 valence electrons. The third-order valence-corrected chi connectivity index (χ3v) is 3.47. The Morgan fingerprint density at radius 3 is 2.89 bits per heavy atom. The third-order valence-electron chi connectivity index (χ3n) is 3.24. The molecule has 3 nitrogen and oxygen atoms in total. The molecular weight excluding hydrogens is 250 g/mol. The molecule has 1 saturated carbocycles. The second-order valence-corrected chi connectivity index (χ2v) is 5.24. The number of nitrogens with two attached hydrogens (primary N) is 1. The summed E-state index contributed by atoms with van der Waals surface area (Å²) in [6.07, 6.45) is 1.87. The molecule has 1 aliphatic carbocycles. The van der Waals surface area contributed by atoms with Gasteiger partial charge in [-0.15, -0.1) is 0 Å². The minimum Gasteiger partial charge on any atom is -0.487 e. The number of ether oxygens (including phenoxy) is 2. The fourth-order valence-electron chi connectivity index (χ4n) is 2.08. The zero-order chi connectivity index (χ0) is 13.1. The highest BCUT2D eigenvalue weighted by atomic mass is 35.5. The number of benzene rings is 1. The van der Waals surface area contributed by atoms with Crippen LogP contribution in [-0.2, 0) is 4.74 Å². The van der Waals surface area contributed by atoms with Crippen molar-refractivity contribution in [2.75, 3.05) is 6.61 Å². The summed E-state index contributed by atoms with van der Waals surface area (Å²) in [5.41, 5.74) is 7.02. The van der Waals surface area contributed by atoms with E-state index in [0.717, 1.165) is 30.8 Å². The van der Waals surface area contributed by atoms with E-state index in [1.54, 1.807) is 0 Å². The van der Waals surface area contributed by atoms with E-state index in [-0.39, 0.29) is 18.2 Å². The molecule has 1 aliphatic rings. The van der Waals surface area contributed by atoms with Crippen LogP contribution in [0.15, 0.2) is 18.2 Å². The van der Waals surface area contributed by atoms with Gasteiger partial charge in [0.2, 0.25) is 0 Å². The van der Waals surface area contributed by atoms with Crippen LogP contribution in [0.3, 0.4) is 0 Å². The van der Waals surface area contributed by atoms with E-state index in [0.29, 0.717) is 5.02 Å². The zero-order valence-electron chi connectivity index (χ0n) is 10.9. The molecule has 0 heterocycles. The predicted molar refractivity (Wildman–Crippen MR) is 73.2 cm³/mol. The van der Waals surface area contributed by atoms with Crippen molar-refractivity contribution in [3.05, 3.63) is 28.8 Å². The quantitative estimate of drug-likeness (QED) is 0.894. The summed E-state index contributed by atoms with van der Waals surface area (Å²) in [7, 11) is 0. The molecule has 1 aromatic rings. The highest BCUT2D eigenvalue weighted by Gasteiger charge is 2.41. The fourth-order valence-corrected chi connectivity index (χ4v) is 2.24. The van der Waals surface area contributed by atoms with Crippen LogP contribution >= 0.6 is 11.6 Å². The van der Waals surface area contributed by atoms with Crippen molar-refractivity contribution in [2.24, 2.45) is 5.73 Å². The van der Waals surface area contributed by atoms with Gasteiger partial charge in [-0.3, -0.25) is 0 Å². The standard InChI is InChI=1S/C14H20ClNO2/c1-3-6-17-14-11(16)8-13(14)18-12-7-10(15)5-4-9(12)2/h4-5,7,11,13-14H,3,6,8,16H2,1-2H3. The van der Waals surface area contributed by atoms with E-state index >= 15 is 0 Å². The van der Waals surface area contributed by atoms with Gasteiger partial charge in [-0.1, -0.05) is 24.6 Å². The van der Waals surface area contributed by atoms with Crippen LogP contribution in [0.25, 0.3) is 0 Å². The summed E-state index contributed by atoms with van der Waals surface area (Å²) in [5, 5.41) is 0.685. The molecule has 0 spiro atoms. The Morgan fingerprint density at radius 1 is 1.44 bits per heavy atom. The van der Waals surface area contributed by atoms with Crippen molar-refractivity contribution in [1.82, 2.24) is 0 Å². The highest BCUT2D eigenvalue weighted by Crippen LogP contribution is 2.31. The van der Waals surface area contributed by atoms with Crippen LogP contribution in [0.2, 0.25) is 5.02 Å². The van der Waals surface area contributed by atoms with Crippen LogP contribution in [-0.4, -0.2) is 24.9 Å². The van der Waals surface area contributed by atoms with Crippen LogP contribution in [0.5, 0.6) is 5.75 Å². The maximum absolute atomic E-state index is 5.97. The normalized spacial score (nSPS) is 26.8. The van der Waals surface area contributed by atoms with E-state index in [2.05, 4.69) is 6.92 Å². The van der Waals surface area contributed by atoms with Crippen molar-refractivity contribution in [3.63, 3.8) is 0 Å². The number of hydrogen-bond donors (Lipinski definition) is 1. The Bertz CT molecular complexity index is 411. The topological polar surface area (TPSA) is 44.5 Å². The van der Waals surface area contributed by atoms with Gasteiger partial charge in [0.25, 0.3) is 0 Å². The maximum Gasteiger partial charge on any atom is 0.128 e. The molecule has 2 rings (SSSR count). The van der Waals surface area contributed by atoms with Gasteiger partial charge in [0, 0.05) is 24.1 Å². The van der Waals surface area contributed by atoms with Crippen molar-refractivity contribution in [1.29, 1.82) is 0 Å². The molecule has 3 unspecified atom stereocenters. The van der Waals surface area contributed by atoms with Gasteiger partial charge >= 0.3 is 0 Å². The molecule has 18 heavy (non-hydrogen) atoms. The molecule has 1 fully saturated rings. The van der Waals surface area contributed by atoms with Crippen LogP contribution in [0.1, 0.15) is 25.3 Å². The molecule has 0 aliphatic heterocycles. The largest absolute Gasteiger partial charge is 0.487 e. The van der Waals surface area contributed by atoms with Gasteiger partial charge in [-0.05, 0) is 31.0 Å². The lowest BCUT2D eigenvalue weighted by atomic mass is 9.86. The number of aryl methyl sites for hydroxylation is 1. The lowest BCUT2D eigenvalue weighted by Gasteiger charge is -2.42. The molecule has 2 N–H and O–H groups in total. The monoisotopic (exact) mass is 269 g/mol. The summed E-state index contributed by atoms with van der Waals surface area (Å²) < 4.78 is 11.7. The Balaban J connectivity index is 1.98. The minimum absolute atomic E-state index is 0.00308. The maximum atomic E-state index is 5.97. The zero-order valence-corrected chi connectivity index (χ0v) is 11.6. The predicted octanol–water partition coefficient (Wildman–Crippen LogP) is 2.92. The van der Waals surface area contributed by atoms with Crippen LogP contribution < -0.4 is 10.5 Å². The Kier molecular flexibility index (Phi) is 4.49. The van der Waals surface area contributed by atoms with Crippen molar-refractivity contribution in [2.45, 2.75) is 44.9 Å². The van der Waals surface area contributed by atoms with Crippen molar-refractivity contribution in [3.8, 4) is 5.75 Å². The Labute approximate surface area is 113 Å². The fraction of sp³-hybridized carbons (Fsp3) is 0.571. The van der Waals surface area contributed by atoms with Gasteiger partial charge < -0.3 is 15.2 Å². The lowest BCUT2D eigenvalue weighted by molar-refractivity contribution is -0.0981. The number of rotatable bonds is 5. The van der Waals surface area contributed by atoms with E-state index in [9.17, 15) is 0 Å². The molecule has 1 aromatic carbocycles. The van der Waals surface area contributed by atoms with Crippen LogP contribution in [0, 0.1) is 6.92 Å². The van der Waals surface area contributed by atoms with Gasteiger partial charge in [0.05, 0.1) is 0 Å². The molecule has 0 aromatic heterocycles. The molecule has 4 heteroatoms. The molecule has 3 atom stereocenters. The summed E-state index contributed by atoms with van der Waals surface area (Å²) in [4.78, 5) is 0. The van der Waals surface area contributed by atoms with Gasteiger partial charge in [-0.25, -0.2) is 0 Å². The van der Waals surface area contributed by atoms with Gasteiger partial charge in [0.1, 0.15) is 18.0 Å². The summed E-state index contributed by atoms with van der Waals surface area (Å²) >= 11 is 5.97. The lowest BCUT2D eigenvalue weighted by Crippen LogP contribution is -2.59. The molecular formula is C14H20ClNO2. The van der Waals surface area contributed by atoms with E-state index in [1.165, 1.54) is 0 Å².